The largest absolute Gasteiger partial charge is 0.508 e. The van der Waals surface area contributed by atoms with Crippen LogP contribution in [0.1, 0.15) is 69.3 Å². The normalized spacial score (nSPS) is 18.4. The Morgan fingerprint density at radius 1 is 0.939 bits per heavy atom. The number of amides is 1. The third kappa shape index (κ3) is 5.16. The molecule has 0 radical (unpaired) electrons. The molecule has 2 aromatic heterocycles. The van der Waals surface area contributed by atoms with E-state index in [4.69, 9.17) is 14.2 Å². The third-order valence-electron chi connectivity index (χ3n) is 9.17. The van der Waals surface area contributed by atoms with E-state index >= 15 is 0 Å². The Morgan fingerprint density at radius 2 is 1.69 bits per heavy atom. The summed E-state index contributed by atoms with van der Waals surface area (Å²) in [6, 6.07) is 13.9. The summed E-state index contributed by atoms with van der Waals surface area (Å²) < 4.78 is 19.7. The maximum absolute atomic E-state index is 13.3. The number of hydrogen-bond donors (Lipinski definition) is 5. The van der Waals surface area contributed by atoms with Gasteiger partial charge in [0.2, 0.25) is 0 Å². The zero-order valence-electron chi connectivity index (χ0n) is 26.1. The minimum Gasteiger partial charge on any atom is -0.508 e. The number of nitrogens with zero attached hydrogens (tertiary/aromatic N) is 4. The molecule has 14 nitrogen and oxygen atoms in total. The number of ether oxygens (including phenoxy) is 3. The topological polar surface area (TPSA) is 190 Å². The average Bonchev–Trinajstić information content (AvgIpc) is 3.82. The first kappa shape index (κ1) is 30.6. The highest BCUT2D eigenvalue weighted by atomic mass is 16.6. The van der Waals surface area contributed by atoms with Gasteiger partial charge in [-0.2, -0.15) is 5.10 Å². The number of unbranched alkanes of at least 4 members (excludes halogenated alkanes) is 1. The van der Waals surface area contributed by atoms with E-state index in [1.165, 1.54) is 30.6 Å². The number of aliphatic hydroxyl groups excluding tert-OH is 1. The fourth-order valence-corrected chi connectivity index (χ4v) is 6.82. The van der Waals surface area contributed by atoms with E-state index in [-0.39, 0.29) is 47.8 Å². The molecular formula is C35H32N6O8. The first-order valence-corrected chi connectivity index (χ1v) is 16.0. The molecule has 5 aromatic rings. The van der Waals surface area contributed by atoms with Crippen LogP contribution in [0.5, 0.6) is 23.0 Å². The molecule has 2 atom stereocenters. The van der Waals surface area contributed by atoms with Crippen molar-refractivity contribution < 1.29 is 39.1 Å². The van der Waals surface area contributed by atoms with Crippen molar-refractivity contribution in [1.29, 1.82) is 0 Å². The highest BCUT2D eigenvalue weighted by Crippen LogP contribution is 2.57. The lowest BCUT2D eigenvalue weighted by Gasteiger charge is -2.36. The van der Waals surface area contributed by atoms with Crippen LogP contribution in [0.2, 0.25) is 0 Å². The first-order chi connectivity index (χ1) is 23.9. The van der Waals surface area contributed by atoms with Crippen LogP contribution in [0.15, 0.2) is 67.1 Å². The number of fused-ring (bicyclic) bond motifs is 7. The maximum atomic E-state index is 13.3. The van der Waals surface area contributed by atoms with E-state index in [9.17, 15) is 24.9 Å². The Balaban J connectivity index is 0.939. The van der Waals surface area contributed by atoms with E-state index in [1.54, 1.807) is 41.2 Å². The van der Waals surface area contributed by atoms with Crippen LogP contribution in [-0.4, -0.2) is 72.7 Å². The quantitative estimate of drug-likeness (QED) is 0.112. The standard InChI is InChI=1S/C35H32N6O8/c42-17-22-6-10-30(47-22)41-32-24(16-40-41)31(38-18-39-32)36-11-1-2-12-37-33(45)19-3-7-23-27(13-19)35(49-34(23)46)25-8-4-20(43)14-28(25)48-29-15-21(44)5-9-26(29)35/h3-5,7-9,13-16,18,22,30,42-44H,1-2,6,10-12,17H2,(H,37,45)(H,36,38,39). The zero-order chi connectivity index (χ0) is 33.7. The van der Waals surface area contributed by atoms with Gasteiger partial charge in [0.1, 0.15) is 35.1 Å². The van der Waals surface area contributed by atoms with Crippen LogP contribution < -0.4 is 15.4 Å². The predicted molar refractivity (Wildman–Crippen MR) is 174 cm³/mol. The van der Waals surface area contributed by atoms with Gasteiger partial charge in [0.25, 0.3) is 5.91 Å². The molecule has 3 aromatic carbocycles. The maximum Gasteiger partial charge on any atom is 0.340 e. The minimum absolute atomic E-state index is 0.0265. The number of benzene rings is 3. The van der Waals surface area contributed by atoms with Crippen molar-refractivity contribution in [3.8, 4) is 23.0 Å². The van der Waals surface area contributed by atoms with Gasteiger partial charge in [-0.15, -0.1) is 0 Å². The van der Waals surface area contributed by atoms with E-state index in [0.717, 1.165) is 24.6 Å². The Bertz CT molecular complexity index is 2060. The number of anilines is 1. The van der Waals surface area contributed by atoms with E-state index in [1.807, 2.05) is 0 Å². The number of aromatic nitrogens is 4. The van der Waals surface area contributed by atoms with Crippen molar-refractivity contribution in [1.82, 2.24) is 25.1 Å². The van der Waals surface area contributed by atoms with Gasteiger partial charge in [-0.05, 0) is 68.1 Å². The van der Waals surface area contributed by atoms with Gasteiger partial charge in [-0.25, -0.2) is 19.4 Å². The number of phenols is 2. The number of hydrogen-bond acceptors (Lipinski definition) is 12. The lowest BCUT2D eigenvalue weighted by atomic mass is 9.77. The molecule has 1 saturated heterocycles. The molecule has 1 spiro atoms. The van der Waals surface area contributed by atoms with Crippen LogP contribution in [-0.2, 0) is 15.1 Å². The zero-order valence-corrected chi connectivity index (χ0v) is 26.1. The van der Waals surface area contributed by atoms with Gasteiger partial charge in [-0.3, -0.25) is 4.79 Å². The molecule has 3 aliphatic heterocycles. The smallest absolute Gasteiger partial charge is 0.340 e. The number of carbonyl (C=O) groups is 2. The fraction of sp³-hybridized carbons (Fsp3) is 0.286. The van der Waals surface area contributed by atoms with Gasteiger partial charge in [0, 0.05) is 47.5 Å². The average molecular weight is 665 g/mol. The molecule has 2 unspecified atom stereocenters. The molecule has 3 aliphatic rings. The summed E-state index contributed by atoms with van der Waals surface area (Å²) >= 11 is 0. The summed E-state index contributed by atoms with van der Waals surface area (Å²) in [6.45, 7) is 0.992. The number of phenolic OH excluding ortho intramolecular Hbond substituents is 2. The van der Waals surface area contributed by atoms with Crippen molar-refractivity contribution in [3.05, 3.63) is 94.9 Å². The Hall–Kier alpha value is -5.73. The fourth-order valence-electron chi connectivity index (χ4n) is 6.82. The molecule has 1 fully saturated rings. The first-order valence-electron chi connectivity index (χ1n) is 16.0. The summed E-state index contributed by atoms with van der Waals surface area (Å²) in [7, 11) is 0. The van der Waals surface area contributed by atoms with E-state index in [2.05, 4.69) is 25.7 Å². The van der Waals surface area contributed by atoms with Gasteiger partial charge < -0.3 is 40.2 Å². The molecule has 49 heavy (non-hydrogen) atoms. The van der Waals surface area contributed by atoms with Gasteiger partial charge in [0.05, 0.1) is 29.9 Å². The molecule has 0 aliphatic carbocycles. The highest BCUT2D eigenvalue weighted by Gasteiger charge is 2.54. The number of carbonyl (C=O) groups excluding carboxylic acids is 2. The van der Waals surface area contributed by atoms with Crippen LogP contribution in [0.4, 0.5) is 5.82 Å². The van der Waals surface area contributed by atoms with E-state index < -0.39 is 11.6 Å². The predicted octanol–water partition coefficient (Wildman–Crippen LogP) is 4.10. The van der Waals surface area contributed by atoms with Crippen LogP contribution in [0, 0.1) is 0 Å². The van der Waals surface area contributed by atoms with Crippen LogP contribution >= 0.6 is 0 Å². The highest BCUT2D eigenvalue weighted by molar-refractivity contribution is 6.00. The Kier molecular flexibility index (Phi) is 7.53. The van der Waals surface area contributed by atoms with Gasteiger partial charge in [-0.1, -0.05) is 0 Å². The number of rotatable bonds is 9. The molecule has 5 N–H and O–H groups in total. The second-order valence-corrected chi connectivity index (χ2v) is 12.2. The number of aliphatic hydroxyl groups is 1. The van der Waals surface area contributed by atoms with Crippen LogP contribution in [0.25, 0.3) is 11.0 Å². The van der Waals surface area contributed by atoms with Crippen molar-refractivity contribution in [2.75, 3.05) is 25.0 Å². The van der Waals surface area contributed by atoms with Crippen LogP contribution in [0.3, 0.4) is 0 Å². The minimum atomic E-state index is -1.45. The number of nitrogens with one attached hydrogen (secondary N) is 2. The van der Waals surface area contributed by atoms with Crippen molar-refractivity contribution >= 4 is 28.7 Å². The molecule has 1 amide bonds. The van der Waals surface area contributed by atoms with Crippen molar-refractivity contribution in [3.63, 3.8) is 0 Å². The van der Waals surface area contributed by atoms with E-state index in [0.29, 0.717) is 58.8 Å². The number of aromatic hydroxyl groups is 2. The summed E-state index contributed by atoms with van der Waals surface area (Å²) in [5.74, 6) is 0.220. The summed E-state index contributed by atoms with van der Waals surface area (Å²) in [6.07, 6.45) is 5.64. The van der Waals surface area contributed by atoms with Gasteiger partial charge in [0.15, 0.2) is 17.5 Å². The molecular weight excluding hydrogens is 632 g/mol. The Labute approximate surface area is 279 Å². The molecule has 8 rings (SSSR count). The second kappa shape index (κ2) is 12.1. The summed E-state index contributed by atoms with van der Waals surface area (Å²) in [4.78, 5) is 35.3. The third-order valence-corrected chi connectivity index (χ3v) is 9.17. The van der Waals surface area contributed by atoms with Crippen molar-refractivity contribution in [2.24, 2.45) is 0 Å². The summed E-state index contributed by atoms with van der Waals surface area (Å²) in [5, 5.41) is 41.3. The molecule has 0 bridgehead atoms. The van der Waals surface area contributed by atoms with Crippen molar-refractivity contribution in [2.45, 2.75) is 43.6 Å². The molecule has 0 saturated carbocycles. The lowest BCUT2D eigenvalue weighted by Crippen LogP contribution is -2.33. The monoisotopic (exact) mass is 664 g/mol. The SMILES string of the molecule is O=C(NCCCCNc1ncnc2c1cnn2C1CCC(CO)O1)c1ccc2c(c1)C1(OC2=O)c2ccc(O)cc2Oc2cc(O)ccc21. The second-order valence-electron chi connectivity index (χ2n) is 12.2. The lowest BCUT2D eigenvalue weighted by molar-refractivity contribution is -0.0262. The Morgan fingerprint density at radius 3 is 2.43 bits per heavy atom. The molecule has 5 heterocycles. The molecule has 250 valence electrons. The van der Waals surface area contributed by atoms with Gasteiger partial charge >= 0.3 is 5.97 Å². The number of esters is 1. The summed E-state index contributed by atoms with van der Waals surface area (Å²) in [5.41, 5.74) is 1.28. The molecule has 14 heteroatoms.